The van der Waals surface area contributed by atoms with E-state index in [2.05, 4.69) is 0 Å². The molecule has 112 valence electrons. The highest BCUT2D eigenvalue weighted by Gasteiger charge is 2.76. The molecule has 1 aliphatic heterocycles. The van der Waals surface area contributed by atoms with E-state index in [4.69, 9.17) is 4.74 Å². The molecule has 2 fully saturated rings. The Bertz CT molecular complexity index is 610. The fourth-order valence-electron chi connectivity index (χ4n) is 3.76. The molecule has 2 aliphatic rings. The minimum absolute atomic E-state index is 0.131. The number of nitrogens with zero attached hydrogens (tertiary/aromatic N) is 1. The first-order valence-electron chi connectivity index (χ1n) is 7.33. The molecule has 21 heavy (non-hydrogen) atoms. The zero-order valence-electron chi connectivity index (χ0n) is 13.0. The van der Waals surface area contributed by atoms with Crippen LogP contribution in [0.25, 0.3) is 0 Å². The number of fused-ring (bicyclic) bond motifs is 2. The number of ether oxygens (including phenoxy) is 1. The number of carbonyl (C=O) groups is 2. The van der Waals surface area contributed by atoms with Crippen molar-refractivity contribution in [2.75, 3.05) is 11.9 Å². The van der Waals surface area contributed by atoms with Crippen molar-refractivity contribution >= 4 is 17.6 Å². The largest absolute Gasteiger partial charge is 0.448 e. The Hall–Kier alpha value is -1.84. The summed E-state index contributed by atoms with van der Waals surface area (Å²) >= 11 is 0. The second-order valence-electron chi connectivity index (χ2n) is 6.87. The van der Waals surface area contributed by atoms with Gasteiger partial charge in [0.1, 0.15) is 0 Å². The van der Waals surface area contributed by atoms with Gasteiger partial charge in [-0.2, -0.15) is 0 Å². The quantitative estimate of drug-likeness (QED) is 0.786. The van der Waals surface area contributed by atoms with E-state index < -0.39 is 16.4 Å². The summed E-state index contributed by atoms with van der Waals surface area (Å²) in [6, 6.07) is 9.45. The predicted molar refractivity (Wildman–Crippen MR) is 79.8 cm³/mol. The number of esters is 1. The van der Waals surface area contributed by atoms with Gasteiger partial charge in [-0.25, -0.2) is 0 Å². The summed E-state index contributed by atoms with van der Waals surface area (Å²) in [5.41, 5.74) is -1.30. The number of para-hydroxylation sites is 1. The van der Waals surface area contributed by atoms with Crippen molar-refractivity contribution in [3.8, 4) is 0 Å². The molecule has 1 saturated heterocycles. The lowest BCUT2D eigenvalue weighted by molar-refractivity contribution is -0.166. The van der Waals surface area contributed by atoms with Crippen molar-refractivity contribution in [1.29, 1.82) is 0 Å². The molecule has 0 unspecified atom stereocenters. The number of hydrogen-bond donors (Lipinski definition) is 0. The van der Waals surface area contributed by atoms with Crippen LogP contribution in [0.4, 0.5) is 5.69 Å². The van der Waals surface area contributed by atoms with Gasteiger partial charge >= 0.3 is 5.97 Å². The van der Waals surface area contributed by atoms with Gasteiger partial charge in [-0.15, -0.1) is 0 Å². The molecule has 2 bridgehead atoms. The first kappa shape index (κ1) is 14.1. The predicted octanol–water partition coefficient (Wildman–Crippen LogP) is 2.77. The minimum atomic E-state index is -1.04. The van der Waals surface area contributed by atoms with Crippen LogP contribution >= 0.6 is 0 Å². The third-order valence-corrected chi connectivity index (χ3v) is 5.88. The van der Waals surface area contributed by atoms with E-state index in [9.17, 15) is 9.59 Å². The fourth-order valence-corrected chi connectivity index (χ4v) is 3.76. The molecule has 0 spiro atoms. The Morgan fingerprint density at radius 1 is 1.14 bits per heavy atom. The average Bonchev–Trinajstić information content (AvgIpc) is 2.77. The monoisotopic (exact) mass is 287 g/mol. The number of benzene rings is 1. The summed E-state index contributed by atoms with van der Waals surface area (Å²) in [6.07, 6.45) is 1.30. The third kappa shape index (κ3) is 1.50. The SMILES string of the molecule is CN(C(=O)[C@@]12CC[C@@](C)(C(=O)O1)C2(C)C)c1ccccc1. The number of rotatable bonds is 2. The highest BCUT2D eigenvalue weighted by Crippen LogP contribution is 2.65. The van der Waals surface area contributed by atoms with Gasteiger partial charge in [-0.1, -0.05) is 32.0 Å². The zero-order valence-corrected chi connectivity index (χ0v) is 13.0. The van der Waals surface area contributed by atoms with Gasteiger partial charge in [0.15, 0.2) is 5.60 Å². The van der Waals surface area contributed by atoms with Crippen LogP contribution < -0.4 is 4.90 Å². The lowest BCUT2D eigenvalue weighted by Crippen LogP contribution is -2.54. The molecule has 1 heterocycles. The van der Waals surface area contributed by atoms with Crippen LogP contribution in [0.2, 0.25) is 0 Å². The van der Waals surface area contributed by atoms with Crippen LogP contribution in [0.1, 0.15) is 33.6 Å². The van der Waals surface area contributed by atoms with Crippen LogP contribution in [0.3, 0.4) is 0 Å². The van der Waals surface area contributed by atoms with Gasteiger partial charge in [0.25, 0.3) is 5.91 Å². The van der Waals surface area contributed by atoms with Crippen molar-refractivity contribution in [3.63, 3.8) is 0 Å². The van der Waals surface area contributed by atoms with E-state index in [0.29, 0.717) is 12.8 Å². The maximum absolute atomic E-state index is 13.1. The molecule has 1 aromatic carbocycles. The van der Waals surface area contributed by atoms with Crippen molar-refractivity contribution in [1.82, 2.24) is 0 Å². The van der Waals surface area contributed by atoms with Gasteiger partial charge in [-0.3, -0.25) is 9.59 Å². The molecular weight excluding hydrogens is 266 g/mol. The Kier molecular flexibility index (Phi) is 2.75. The van der Waals surface area contributed by atoms with Gasteiger partial charge in [-0.05, 0) is 31.9 Å². The number of carbonyl (C=O) groups excluding carboxylic acids is 2. The smallest absolute Gasteiger partial charge is 0.313 e. The molecule has 4 heteroatoms. The molecule has 2 atom stereocenters. The molecule has 1 aromatic rings. The average molecular weight is 287 g/mol. The van der Waals surface area contributed by atoms with E-state index in [1.807, 2.05) is 51.1 Å². The van der Waals surface area contributed by atoms with Gasteiger partial charge < -0.3 is 9.64 Å². The van der Waals surface area contributed by atoms with Crippen molar-refractivity contribution in [2.24, 2.45) is 10.8 Å². The highest BCUT2D eigenvalue weighted by molar-refractivity contribution is 6.04. The van der Waals surface area contributed by atoms with E-state index in [1.54, 1.807) is 11.9 Å². The summed E-state index contributed by atoms with van der Waals surface area (Å²) < 4.78 is 5.64. The Balaban J connectivity index is 2.01. The summed E-state index contributed by atoms with van der Waals surface area (Å²) in [4.78, 5) is 26.9. The molecule has 1 saturated carbocycles. The summed E-state index contributed by atoms with van der Waals surface area (Å²) in [5, 5.41) is 0. The van der Waals surface area contributed by atoms with E-state index in [0.717, 1.165) is 5.69 Å². The first-order chi connectivity index (χ1) is 9.76. The standard InChI is InChI=1S/C17H21NO3/c1-15(2)16(3)10-11-17(15,21-14(16)20)13(19)18(4)12-8-6-5-7-9-12/h5-9H,10-11H2,1-4H3/t16-,17+/m0/s1. The fraction of sp³-hybridized carbons (Fsp3) is 0.529. The van der Waals surface area contributed by atoms with Gasteiger partial charge in [0.05, 0.1) is 5.41 Å². The molecule has 4 nitrogen and oxygen atoms in total. The van der Waals surface area contributed by atoms with Crippen LogP contribution in [0.15, 0.2) is 30.3 Å². The van der Waals surface area contributed by atoms with Crippen molar-refractivity contribution in [2.45, 2.75) is 39.2 Å². The highest BCUT2D eigenvalue weighted by atomic mass is 16.6. The lowest BCUT2D eigenvalue weighted by Gasteiger charge is -2.37. The molecular formula is C17H21NO3. The lowest BCUT2D eigenvalue weighted by atomic mass is 9.66. The van der Waals surface area contributed by atoms with Crippen molar-refractivity contribution in [3.05, 3.63) is 30.3 Å². The van der Waals surface area contributed by atoms with Gasteiger partial charge in [0.2, 0.25) is 0 Å². The summed E-state index contributed by atoms with van der Waals surface area (Å²) in [6.45, 7) is 5.86. The van der Waals surface area contributed by atoms with E-state index in [-0.39, 0.29) is 11.9 Å². The number of likely N-dealkylation sites (N-methyl/N-ethyl adjacent to an activating group) is 1. The molecule has 3 rings (SSSR count). The second-order valence-corrected chi connectivity index (χ2v) is 6.87. The molecule has 1 amide bonds. The van der Waals surface area contributed by atoms with Crippen LogP contribution in [0, 0.1) is 10.8 Å². The maximum Gasteiger partial charge on any atom is 0.313 e. The summed E-state index contributed by atoms with van der Waals surface area (Å²) in [5.74, 6) is -0.373. The second kappa shape index (κ2) is 4.09. The minimum Gasteiger partial charge on any atom is -0.448 e. The molecule has 0 aromatic heterocycles. The normalized spacial score (nSPS) is 32.9. The molecule has 1 aliphatic carbocycles. The third-order valence-electron chi connectivity index (χ3n) is 5.88. The summed E-state index contributed by atoms with van der Waals surface area (Å²) in [7, 11) is 1.74. The Labute approximate surface area is 125 Å². The van der Waals surface area contributed by atoms with Crippen LogP contribution in [0.5, 0.6) is 0 Å². The Morgan fingerprint density at radius 2 is 1.76 bits per heavy atom. The number of anilines is 1. The molecule has 0 radical (unpaired) electrons. The zero-order chi connectivity index (χ0) is 15.5. The van der Waals surface area contributed by atoms with Crippen molar-refractivity contribution < 1.29 is 14.3 Å². The van der Waals surface area contributed by atoms with E-state index >= 15 is 0 Å². The van der Waals surface area contributed by atoms with Crippen LogP contribution in [-0.4, -0.2) is 24.5 Å². The topological polar surface area (TPSA) is 46.6 Å². The maximum atomic E-state index is 13.1. The first-order valence-corrected chi connectivity index (χ1v) is 7.33. The van der Waals surface area contributed by atoms with Crippen LogP contribution in [-0.2, 0) is 14.3 Å². The number of hydrogen-bond acceptors (Lipinski definition) is 3. The number of amides is 1. The Morgan fingerprint density at radius 3 is 2.24 bits per heavy atom. The van der Waals surface area contributed by atoms with E-state index in [1.165, 1.54) is 0 Å². The van der Waals surface area contributed by atoms with Gasteiger partial charge in [0, 0.05) is 18.2 Å². The molecule has 0 N–H and O–H groups in total.